The van der Waals surface area contributed by atoms with Crippen LogP contribution in [0.3, 0.4) is 0 Å². The first-order valence-electron chi connectivity index (χ1n) is 3.79. The molecule has 1 aliphatic rings. The maximum absolute atomic E-state index is 6.13. The van der Waals surface area contributed by atoms with E-state index in [1.165, 1.54) is 15.6 Å². The molecule has 2 nitrogen and oxygen atoms in total. The zero-order valence-corrected chi connectivity index (χ0v) is 9.79. The number of hydrogen-bond acceptors (Lipinski definition) is 3. The van der Waals surface area contributed by atoms with E-state index < -0.39 is 0 Å². The number of likely N-dealkylation sites (N-methyl/N-ethyl adjacent to an activating group) is 1. The van der Waals surface area contributed by atoms with Gasteiger partial charge in [0.25, 0.3) is 0 Å². The Labute approximate surface area is 84.0 Å². The highest BCUT2D eigenvalue weighted by Gasteiger charge is 2.20. The molecule has 70 valence electrons. The molecule has 2 N–H and O–H groups in total. The van der Waals surface area contributed by atoms with Crippen LogP contribution in [0.2, 0.25) is 0 Å². The van der Waals surface area contributed by atoms with Crippen LogP contribution in [0.15, 0.2) is 10.6 Å². The Kier molecular flexibility index (Phi) is 3.96. The maximum Gasteiger partial charge on any atom is 0.0847 e. The van der Waals surface area contributed by atoms with Gasteiger partial charge in [0.1, 0.15) is 0 Å². The molecule has 1 atom stereocenters. The van der Waals surface area contributed by atoms with Crippen molar-refractivity contribution in [3.63, 3.8) is 0 Å². The summed E-state index contributed by atoms with van der Waals surface area (Å²) in [5.41, 5.74) is 1.32. The number of nitrogens with one attached hydrogen (secondary N) is 2. The molecule has 0 saturated heterocycles. The lowest BCUT2D eigenvalue weighted by molar-refractivity contribution is 1.02. The fraction of sp³-hybridized carbons (Fsp3) is 0.571. The Morgan fingerprint density at radius 2 is 2.08 bits per heavy atom. The minimum absolute atomic E-state index is 0.213. The van der Waals surface area contributed by atoms with Crippen LogP contribution in [0.25, 0.3) is 0 Å². The highest BCUT2D eigenvalue weighted by atomic mass is 35.7. The zero-order valence-electron chi connectivity index (χ0n) is 7.40. The Bertz CT molecular complexity index is 248. The first-order chi connectivity index (χ1) is 5.74. The quantitative estimate of drug-likeness (QED) is 0.556. The highest BCUT2D eigenvalue weighted by Crippen LogP contribution is 2.48. The Hall–Kier alpha value is 0.360. The van der Waals surface area contributed by atoms with Crippen LogP contribution in [0.4, 0.5) is 0 Å². The molecule has 0 saturated carbocycles. The van der Waals surface area contributed by atoms with Gasteiger partial charge >= 0.3 is 0 Å². The third kappa shape index (κ3) is 1.82. The fourth-order valence-corrected chi connectivity index (χ4v) is 5.31. The molecule has 0 aromatic carbocycles. The van der Waals surface area contributed by atoms with Crippen LogP contribution < -0.4 is 10.6 Å². The summed E-state index contributed by atoms with van der Waals surface area (Å²) >= 11 is 0. The van der Waals surface area contributed by atoms with Crippen molar-refractivity contribution in [3.05, 3.63) is 10.6 Å². The van der Waals surface area contributed by atoms with E-state index in [0.29, 0.717) is 0 Å². The lowest BCUT2D eigenvalue weighted by Crippen LogP contribution is -2.19. The minimum atomic E-state index is -0.213. The largest absolute Gasteiger partial charge is 0.382 e. The van der Waals surface area contributed by atoms with E-state index in [-0.39, 0.29) is 8.73 Å². The molecule has 1 rings (SSSR count). The molecule has 1 unspecified atom stereocenters. The first kappa shape index (κ1) is 10.4. The van der Waals surface area contributed by atoms with Crippen LogP contribution in [0.5, 0.6) is 0 Å². The molecular formula is C7H13ClN2S2. The molecular weight excluding hydrogens is 212 g/mol. The smallest absolute Gasteiger partial charge is 0.0847 e. The van der Waals surface area contributed by atoms with Gasteiger partial charge in [-0.25, -0.2) is 0 Å². The van der Waals surface area contributed by atoms with Crippen molar-refractivity contribution < 1.29 is 0 Å². The molecule has 1 aliphatic heterocycles. The van der Waals surface area contributed by atoms with Crippen molar-refractivity contribution in [1.29, 1.82) is 0 Å². The van der Waals surface area contributed by atoms with Gasteiger partial charge in [0.05, 0.1) is 10.0 Å². The van der Waals surface area contributed by atoms with Crippen LogP contribution in [-0.4, -0.2) is 19.1 Å². The predicted molar refractivity (Wildman–Crippen MR) is 61.5 cm³/mol. The highest BCUT2D eigenvalue weighted by molar-refractivity contribution is 8.94. The number of hydrogen-bond donors (Lipinski definition) is 2. The third-order valence-corrected chi connectivity index (χ3v) is 5.68. The first-order valence-corrected chi connectivity index (χ1v) is 7.17. The zero-order chi connectivity index (χ0) is 9.14. The Morgan fingerprint density at radius 1 is 1.42 bits per heavy atom. The molecule has 0 amide bonds. The predicted octanol–water partition coefficient (Wildman–Crippen LogP) is 2.26. The van der Waals surface area contributed by atoms with E-state index in [4.69, 9.17) is 10.7 Å². The molecule has 0 fully saturated rings. The standard InChI is InChI=1S/C7H13ClN2S2/c1-4-5-6(9-2)11-12(8)7(5)10-3/h9-10H,4H2,1-3H3. The van der Waals surface area contributed by atoms with Crippen molar-refractivity contribution in [2.45, 2.75) is 13.3 Å². The van der Waals surface area contributed by atoms with Gasteiger partial charge < -0.3 is 5.32 Å². The van der Waals surface area contributed by atoms with Crippen molar-refractivity contribution in [3.8, 4) is 0 Å². The molecule has 0 aliphatic carbocycles. The lowest BCUT2D eigenvalue weighted by Gasteiger charge is -2.05. The van der Waals surface area contributed by atoms with Crippen LogP contribution >= 0.6 is 30.2 Å². The van der Waals surface area contributed by atoms with Gasteiger partial charge in [-0.05, 0) is 43.7 Å². The summed E-state index contributed by atoms with van der Waals surface area (Å²) in [5.74, 6) is 0. The molecule has 1 heterocycles. The van der Waals surface area contributed by atoms with Gasteiger partial charge in [-0.1, -0.05) is 6.92 Å². The van der Waals surface area contributed by atoms with Crippen molar-refractivity contribution >= 4 is 35.2 Å². The molecule has 0 aromatic heterocycles. The van der Waals surface area contributed by atoms with E-state index in [2.05, 4.69) is 17.6 Å². The van der Waals surface area contributed by atoms with Gasteiger partial charge in [0.15, 0.2) is 0 Å². The van der Waals surface area contributed by atoms with Crippen LogP contribution in [0.1, 0.15) is 13.3 Å². The number of halogens is 1. The van der Waals surface area contributed by atoms with E-state index in [0.717, 1.165) is 6.42 Å². The monoisotopic (exact) mass is 224 g/mol. The second-order valence-electron chi connectivity index (χ2n) is 2.30. The molecule has 0 spiro atoms. The van der Waals surface area contributed by atoms with Crippen LogP contribution in [0, 0.1) is 0 Å². The molecule has 5 heteroatoms. The second kappa shape index (κ2) is 4.56. The second-order valence-corrected chi connectivity index (χ2v) is 6.70. The Morgan fingerprint density at radius 3 is 2.50 bits per heavy atom. The maximum atomic E-state index is 6.13. The average molecular weight is 225 g/mol. The minimum Gasteiger partial charge on any atom is -0.382 e. The van der Waals surface area contributed by atoms with Crippen molar-refractivity contribution in [2.75, 3.05) is 14.1 Å². The topological polar surface area (TPSA) is 24.1 Å². The summed E-state index contributed by atoms with van der Waals surface area (Å²) in [6.07, 6.45) is 1.02. The van der Waals surface area contributed by atoms with E-state index in [1.807, 2.05) is 14.1 Å². The van der Waals surface area contributed by atoms with Gasteiger partial charge in [-0.2, -0.15) is 0 Å². The van der Waals surface area contributed by atoms with Gasteiger partial charge in [0.2, 0.25) is 0 Å². The average Bonchev–Trinajstić information content (AvgIpc) is 2.40. The normalized spacial score (nSPS) is 23.7. The summed E-state index contributed by atoms with van der Waals surface area (Å²) in [6.45, 7) is 2.14. The van der Waals surface area contributed by atoms with Gasteiger partial charge in [-0.3, -0.25) is 5.32 Å². The van der Waals surface area contributed by atoms with E-state index in [1.54, 1.807) is 10.8 Å². The fourth-order valence-electron chi connectivity index (χ4n) is 1.11. The number of rotatable bonds is 2. The lowest BCUT2D eigenvalue weighted by atomic mass is 10.2. The van der Waals surface area contributed by atoms with Crippen molar-refractivity contribution in [1.82, 2.24) is 10.6 Å². The van der Waals surface area contributed by atoms with Crippen LogP contribution in [-0.2, 0) is 0 Å². The summed E-state index contributed by atoms with van der Waals surface area (Å²) in [6, 6.07) is 0. The molecule has 0 aromatic rings. The summed E-state index contributed by atoms with van der Waals surface area (Å²) in [7, 11) is 11.5. The summed E-state index contributed by atoms with van der Waals surface area (Å²) < 4.78 is 0. The SMILES string of the molecule is CCC1=C(NC)SS(Cl)=C1NC. The van der Waals surface area contributed by atoms with E-state index >= 15 is 0 Å². The molecule has 12 heavy (non-hydrogen) atoms. The third-order valence-electron chi connectivity index (χ3n) is 1.67. The molecule has 0 radical (unpaired) electrons. The summed E-state index contributed by atoms with van der Waals surface area (Å²) in [5, 5.41) is 7.53. The van der Waals surface area contributed by atoms with E-state index in [9.17, 15) is 0 Å². The van der Waals surface area contributed by atoms with Crippen molar-refractivity contribution in [2.24, 2.45) is 0 Å². The Balaban J connectivity index is 2.94. The van der Waals surface area contributed by atoms with Gasteiger partial charge in [-0.15, -0.1) is 0 Å². The summed E-state index contributed by atoms with van der Waals surface area (Å²) in [4.78, 5) is 1.17. The van der Waals surface area contributed by atoms with Gasteiger partial charge in [0, 0.05) is 12.6 Å². The molecule has 0 bridgehead atoms.